The van der Waals surface area contributed by atoms with Gasteiger partial charge in [-0.15, -0.1) is 0 Å². The Morgan fingerprint density at radius 1 is 1.04 bits per heavy atom. The van der Waals surface area contributed by atoms with E-state index in [9.17, 15) is 9.59 Å². The molecule has 0 radical (unpaired) electrons. The van der Waals surface area contributed by atoms with Crippen molar-refractivity contribution in [2.45, 2.75) is 19.9 Å². The van der Waals surface area contributed by atoms with E-state index in [1.54, 1.807) is 19.1 Å². The van der Waals surface area contributed by atoms with E-state index in [0.717, 1.165) is 11.1 Å². The molecule has 0 amide bonds. The molecule has 0 bridgehead atoms. The Hall–Kier alpha value is -2.92. The Morgan fingerprint density at radius 2 is 1.72 bits per heavy atom. The second kappa shape index (κ2) is 7.32. The van der Waals surface area contributed by atoms with Crippen molar-refractivity contribution in [1.82, 2.24) is 10.9 Å². The summed E-state index contributed by atoms with van der Waals surface area (Å²) in [6.07, 6.45) is 0. The molecule has 0 aromatic heterocycles. The van der Waals surface area contributed by atoms with Gasteiger partial charge in [-0.3, -0.25) is 4.79 Å². The van der Waals surface area contributed by atoms with Gasteiger partial charge in [-0.05, 0) is 19.4 Å². The van der Waals surface area contributed by atoms with Crippen molar-refractivity contribution < 1.29 is 14.3 Å². The third-order valence-corrected chi connectivity index (χ3v) is 4.06. The molecule has 3 rings (SSSR count). The highest BCUT2D eigenvalue weighted by atomic mass is 16.5. The first-order valence-electron chi connectivity index (χ1n) is 8.21. The fourth-order valence-electron chi connectivity index (χ4n) is 2.80. The van der Waals surface area contributed by atoms with Gasteiger partial charge in [-0.1, -0.05) is 60.2 Å². The molecule has 2 aromatic rings. The van der Waals surface area contributed by atoms with Crippen molar-refractivity contribution in [2.24, 2.45) is 0 Å². The highest BCUT2D eigenvalue weighted by Gasteiger charge is 2.35. The van der Waals surface area contributed by atoms with E-state index >= 15 is 0 Å². The lowest BCUT2D eigenvalue weighted by molar-refractivity contribution is -0.138. The number of benzene rings is 2. The number of hydrogen-bond acceptors (Lipinski definition) is 5. The van der Waals surface area contributed by atoms with Gasteiger partial charge in [0.2, 0.25) is 0 Å². The summed E-state index contributed by atoms with van der Waals surface area (Å²) in [4.78, 5) is 25.2. The smallest absolute Gasteiger partial charge is 0.356 e. The van der Waals surface area contributed by atoms with E-state index in [4.69, 9.17) is 4.74 Å². The summed E-state index contributed by atoms with van der Waals surface area (Å²) in [5.74, 6) is -0.586. The number of carbonyl (C=O) groups is 2. The predicted molar refractivity (Wildman–Crippen MR) is 95.6 cm³/mol. The first-order valence-corrected chi connectivity index (χ1v) is 8.21. The molecule has 5 nitrogen and oxygen atoms in total. The van der Waals surface area contributed by atoms with Gasteiger partial charge in [-0.25, -0.2) is 10.2 Å². The van der Waals surface area contributed by atoms with Gasteiger partial charge in [0.25, 0.3) is 0 Å². The SMILES string of the molecule is CCOC(=O)C1=C(c2ccc(C)cc2)C(C(=O)c2ccccc2)NN1. The van der Waals surface area contributed by atoms with Gasteiger partial charge < -0.3 is 10.2 Å². The molecule has 0 saturated heterocycles. The first-order chi connectivity index (χ1) is 12.1. The van der Waals surface area contributed by atoms with Crippen LogP contribution in [0.25, 0.3) is 5.57 Å². The Labute approximate surface area is 146 Å². The topological polar surface area (TPSA) is 67.4 Å². The minimum absolute atomic E-state index is 0.108. The van der Waals surface area contributed by atoms with E-state index in [2.05, 4.69) is 10.9 Å². The average Bonchev–Trinajstić information content (AvgIpc) is 3.08. The van der Waals surface area contributed by atoms with Gasteiger partial charge in [0.1, 0.15) is 11.7 Å². The summed E-state index contributed by atoms with van der Waals surface area (Å²) in [7, 11) is 0. The monoisotopic (exact) mass is 336 g/mol. The summed E-state index contributed by atoms with van der Waals surface area (Å²) >= 11 is 0. The van der Waals surface area contributed by atoms with E-state index < -0.39 is 12.0 Å². The van der Waals surface area contributed by atoms with Crippen LogP contribution in [0, 0.1) is 6.92 Å². The number of ether oxygens (including phenoxy) is 1. The molecule has 128 valence electrons. The lowest BCUT2D eigenvalue weighted by atomic mass is 9.92. The van der Waals surface area contributed by atoms with Gasteiger partial charge in [-0.2, -0.15) is 0 Å². The number of ketones is 1. The van der Waals surface area contributed by atoms with Crippen LogP contribution in [0.3, 0.4) is 0 Å². The van der Waals surface area contributed by atoms with E-state index in [1.807, 2.05) is 49.4 Å². The molecule has 0 saturated carbocycles. The van der Waals surface area contributed by atoms with Crippen LogP contribution < -0.4 is 10.9 Å². The average molecular weight is 336 g/mol. The number of nitrogens with one attached hydrogen (secondary N) is 2. The van der Waals surface area contributed by atoms with Gasteiger partial charge in [0.15, 0.2) is 5.78 Å². The predicted octanol–water partition coefficient (Wildman–Crippen LogP) is 2.63. The number of Topliss-reactive ketones (excluding diaryl/α,β-unsaturated/α-hetero) is 1. The number of esters is 1. The van der Waals surface area contributed by atoms with Crippen molar-refractivity contribution in [1.29, 1.82) is 0 Å². The summed E-state index contributed by atoms with van der Waals surface area (Å²) in [6.45, 7) is 4.00. The van der Waals surface area contributed by atoms with Crippen LogP contribution in [0.2, 0.25) is 0 Å². The van der Waals surface area contributed by atoms with Gasteiger partial charge in [0, 0.05) is 11.1 Å². The van der Waals surface area contributed by atoms with E-state index in [1.165, 1.54) is 0 Å². The molecule has 1 unspecified atom stereocenters. The quantitative estimate of drug-likeness (QED) is 0.649. The molecule has 2 aromatic carbocycles. The fraction of sp³-hybridized carbons (Fsp3) is 0.200. The zero-order valence-corrected chi connectivity index (χ0v) is 14.2. The van der Waals surface area contributed by atoms with Crippen molar-refractivity contribution in [3.05, 3.63) is 77.0 Å². The second-order valence-corrected chi connectivity index (χ2v) is 5.81. The second-order valence-electron chi connectivity index (χ2n) is 5.81. The Kier molecular flexibility index (Phi) is 4.95. The molecular formula is C20H20N2O3. The van der Waals surface area contributed by atoms with Crippen LogP contribution in [0.15, 0.2) is 60.3 Å². The van der Waals surface area contributed by atoms with Crippen molar-refractivity contribution in [3.8, 4) is 0 Å². The summed E-state index contributed by atoms with van der Waals surface area (Å²) < 4.78 is 5.12. The van der Waals surface area contributed by atoms with Crippen LogP contribution in [0.4, 0.5) is 0 Å². The molecule has 1 aliphatic rings. The molecule has 25 heavy (non-hydrogen) atoms. The normalized spacial score (nSPS) is 16.5. The van der Waals surface area contributed by atoms with Crippen LogP contribution in [0.5, 0.6) is 0 Å². The van der Waals surface area contributed by atoms with Crippen molar-refractivity contribution in [3.63, 3.8) is 0 Å². The third-order valence-electron chi connectivity index (χ3n) is 4.06. The zero-order valence-electron chi connectivity index (χ0n) is 14.2. The third kappa shape index (κ3) is 3.46. The number of carbonyl (C=O) groups excluding carboxylic acids is 2. The molecule has 1 aliphatic heterocycles. The van der Waals surface area contributed by atoms with Crippen molar-refractivity contribution >= 4 is 17.3 Å². The van der Waals surface area contributed by atoms with Crippen LogP contribution in [0.1, 0.15) is 28.4 Å². The summed E-state index contributed by atoms with van der Waals surface area (Å²) in [5, 5.41) is 0. The molecule has 0 fully saturated rings. The van der Waals surface area contributed by atoms with Crippen LogP contribution >= 0.6 is 0 Å². The largest absolute Gasteiger partial charge is 0.461 e. The molecule has 5 heteroatoms. The Bertz CT molecular complexity index is 811. The maximum Gasteiger partial charge on any atom is 0.356 e. The van der Waals surface area contributed by atoms with Gasteiger partial charge in [0.05, 0.1) is 6.61 Å². The first kappa shape index (κ1) is 16.9. The maximum absolute atomic E-state index is 12.9. The fourth-order valence-corrected chi connectivity index (χ4v) is 2.80. The van der Waals surface area contributed by atoms with Crippen LogP contribution in [-0.2, 0) is 9.53 Å². The molecule has 1 heterocycles. The minimum atomic E-state index is -0.662. The lowest BCUT2D eigenvalue weighted by Crippen LogP contribution is -2.39. The number of hydrazine groups is 1. The molecule has 0 spiro atoms. The Balaban J connectivity index is 2.04. The number of aryl methyl sites for hydroxylation is 1. The highest BCUT2D eigenvalue weighted by Crippen LogP contribution is 2.28. The van der Waals surface area contributed by atoms with E-state index in [0.29, 0.717) is 11.1 Å². The maximum atomic E-state index is 12.9. The highest BCUT2D eigenvalue weighted by molar-refractivity contribution is 6.12. The standard InChI is InChI=1S/C20H20N2O3/c1-3-25-20(24)18-16(14-11-9-13(2)10-12-14)17(21-22-18)19(23)15-7-5-4-6-8-15/h4-12,17,21-22H,3H2,1-2H3. The molecule has 2 N–H and O–H groups in total. The molecule has 1 atom stereocenters. The Morgan fingerprint density at radius 3 is 2.36 bits per heavy atom. The van der Waals surface area contributed by atoms with Gasteiger partial charge >= 0.3 is 5.97 Å². The molecule has 0 aliphatic carbocycles. The minimum Gasteiger partial charge on any atom is -0.461 e. The summed E-state index contributed by atoms with van der Waals surface area (Å²) in [6, 6.07) is 16.1. The number of hydrogen-bond donors (Lipinski definition) is 2. The van der Waals surface area contributed by atoms with Crippen molar-refractivity contribution in [2.75, 3.05) is 6.61 Å². The number of rotatable bonds is 5. The molecular weight excluding hydrogens is 316 g/mol. The van der Waals surface area contributed by atoms with E-state index in [-0.39, 0.29) is 18.1 Å². The zero-order chi connectivity index (χ0) is 17.8. The summed E-state index contributed by atoms with van der Waals surface area (Å²) in [5.41, 5.74) is 9.14. The lowest BCUT2D eigenvalue weighted by Gasteiger charge is -2.14. The van der Waals surface area contributed by atoms with Crippen LogP contribution in [-0.4, -0.2) is 24.4 Å².